The van der Waals surface area contributed by atoms with E-state index in [0.29, 0.717) is 5.56 Å². The summed E-state index contributed by atoms with van der Waals surface area (Å²) in [6, 6.07) is 6.43. The van der Waals surface area contributed by atoms with E-state index in [4.69, 9.17) is 4.74 Å². The summed E-state index contributed by atoms with van der Waals surface area (Å²) in [5, 5.41) is 4.04. The molecule has 1 aliphatic rings. The molecule has 2 aromatic heterocycles. The van der Waals surface area contributed by atoms with Crippen molar-refractivity contribution < 1.29 is 22.7 Å². The van der Waals surface area contributed by atoms with Gasteiger partial charge in [-0.2, -0.15) is 5.10 Å². The van der Waals surface area contributed by atoms with Crippen LogP contribution in [0.5, 0.6) is 0 Å². The van der Waals surface area contributed by atoms with Gasteiger partial charge in [0.2, 0.25) is 0 Å². The van der Waals surface area contributed by atoms with Crippen molar-refractivity contribution in [2.24, 2.45) is 0 Å². The van der Waals surface area contributed by atoms with E-state index in [2.05, 4.69) is 10.1 Å². The Kier molecular flexibility index (Phi) is 4.44. The third-order valence-electron chi connectivity index (χ3n) is 4.65. The normalized spacial score (nSPS) is 18.6. The average Bonchev–Trinajstić information content (AvgIpc) is 3.22. The standard InChI is InChI=1S/C19H17F3N4O2/c1-2-28-18(27)14-10-23-26-7-6-16(24-17(14)26)25-11-19(21,22)9-15(25)12-4-3-5-13(20)8-12/h3-8,10,15H,2,9,11H2,1H3/t15-/m1/s1. The topological polar surface area (TPSA) is 59.7 Å². The molecule has 1 fully saturated rings. The lowest BCUT2D eigenvalue weighted by molar-refractivity contribution is 0.0222. The van der Waals surface area contributed by atoms with Gasteiger partial charge in [-0.15, -0.1) is 0 Å². The lowest BCUT2D eigenvalue weighted by Crippen LogP contribution is -2.27. The Morgan fingerprint density at radius 1 is 1.36 bits per heavy atom. The van der Waals surface area contributed by atoms with Crippen LogP contribution in [0, 0.1) is 5.82 Å². The maximum Gasteiger partial charge on any atom is 0.343 e. The second-order valence-corrected chi connectivity index (χ2v) is 6.59. The van der Waals surface area contributed by atoms with Gasteiger partial charge in [-0.1, -0.05) is 12.1 Å². The molecule has 28 heavy (non-hydrogen) atoms. The molecule has 0 radical (unpaired) electrons. The zero-order valence-electron chi connectivity index (χ0n) is 15.0. The third kappa shape index (κ3) is 3.28. The van der Waals surface area contributed by atoms with Crippen LogP contribution in [0.15, 0.2) is 42.7 Å². The predicted molar refractivity (Wildman–Crippen MR) is 95.0 cm³/mol. The molecule has 0 aliphatic carbocycles. The molecule has 4 rings (SSSR count). The number of rotatable bonds is 4. The molecular formula is C19H17F3N4O2. The lowest BCUT2D eigenvalue weighted by Gasteiger charge is -2.25. The molecule has 1 saturated heterocycles. The van der Waals surface area contributed by atoms with Crippen molar-refractivity contribution in [3.63, 3.8) is 0 Å². The molecule has 146 valence electrons. The van der Waals surface area contributed by atoms with Gasteiger partial charge in [0.05, 0.1) is 25.4 Å². The summed E-state index contributed by atoms with van der Waals surface area (Å²) in [4.78, 5) is 17.9. The Balaban J connectivity index is 1.76. The molecule has 9 heteroatoms. The smallest absolute Gasteiger partial charge is 0.343 e. The number of anilines is 1. The average molecular weight is 390 g/mol. The quantitative estimate of drug-likeness (QED) is 0.637. The monoisotopic (exact) mass is 390 g/mol. The van der Waals surface area contributed by atoms with Gasteiger partial charge in [-0.25, -0.2) is 27.5 Å². The van der Waals surface area contributed by atoms with Gasteiger partial charge < -0.3 is 9.64 Å². The fourth-order valence-electron chi connectivity index (χ4n) is 3.44. The summed E-state index contributed by atoms with van der Waals surface area (Å²) < 4.78 is 48.5. The molecule has 1 aliphatic heterocycles. The number of fused-ring (bicyclic) bond motifs is 1. The number of alkyl halides is 2. The van der Waals surface area contributed by atoms with Gasteiger partial charge in [-0.05, 0) is 30.7 Å². The highest BCUT2D eigenvalue weighted by Crippen LogP contribution is 2.43. The molecule has 0 saturated carbocycles. The molecule has 0 bridgehead atoms. The Bertz CT molecular complexity index is 1040. The van der Waals surface area contributed by atoms with Crippen molar-refractivity contribution in [2.75, 3.05) is 18.1 Å². The fraction of sp³-hybridized carbons (Fsp3) is 0.316. The van der Waals surface area contributed by atoms with Crippen LogP contribution >= 0.6 is 0 Å². The van der Waals surface area contributed by atoms with Gasteiger partial charge in [0.25, 0.3) is 5.92 Å². The number of halogens is 3. The highest BCUT2D eigenvalue weighted by atomic mass is 19.3. The number of carbonyl (C=O) groups excluding carboxylic acids is 1. The van der Waals surface area contributed by atoms with Crippen molar-refractivity contribution in [3.05, 3.63) is 59.7 Å². The number of aromatic nitrogens is 3. The second kappa shape index (κ2) is 6.81. The summed E-state index contributed by atoms with van der Waals surface area (Å²) in [6.07, 6.45) is 2.42. The molecule has 1 aromatic carbocycles. The van der Waals surface area contributed by atoms with E-state index in [0.717, 1.165) is 0 Å². The summed E-state index contributed by atoms with van der Waals surface area (Å²) in [6.45, 7) is 1.31. The molecule has 3 aromatic rings. The second-order valence-electron chi connectivity index (χ2n) is 6.59. The Labute approximate surface area is 158 Å². The van der Waals surface area contributed by atoms with E-state index in [1.807, 2.05) is 0 Å². The first-order valence-corrected chi connectivity index (χ1v) is 8.79. The van der Waals surface area contributed by atoms with E-state index in [1.54, 1.807) is 25.3 Å². The van der Waals surface area contributed by atoms with Crippen LogP contribution in [0.3, 0.4) is 0 Å². The van der Waals surface area contributed by atoms with Gasteiger partial charge >= 0.3 is 5.97 Å². The van der Waals surface area contributed by atoms with E-state index in [1.165, 1.54) is 33.8 Å². The summed E-state index contributed by atoms with van der Waals surface area (Å²) in [7, 11) is 0. The SMILES string of the molecule is CCOC(=O)c1cnn2ccc(N3CC(F)(F)C[C@@H]3c3cccc(F)c3)nc12. The van der Waals surface area contributed by atoms with Crippen molar-refractivity contribution in [2.45, 2.75) is 25.3 Å². The minimum atomic E-state index is -2.95. The summed E-state index contributed by atoms with van der Waals surface area (Å²) >= 11 is 0. The maximum absolute atomic E-state index is 14.2. The molecule has 0 unspecified atom stereocenters. The van der Waals surface area contributed by atoms with E-state index in [9.17, 15) is 18.0 Å². The predicted octanol–water partition coefficient (Wildman–Crippen LogP) is 3.63. The molecule has 3 heterocycles. The van der Waals surface area contributed by atoms with Crippen LogP contribution < -0.4 is 4.90 Å². The van der Waals surface area contributed by atoms with Crippen LogP contribution in [-0.2, 0) is 4.74 Å². The highest BCUT2D eigenvalue weighted by molar-refractivity contribution is 5.95. The molecule has 6 nitrogen and oxygen atoms in total. The van der Waals surface area contributed by atoms with Crippen molar-refractivity contribution in [1.29, 1.82) is 0 Å². The maximum atomic E-state index is 14.2. The zero-order valence-corrected chi connectivity index (χ0v) is 15.0. The van der Waals surface area contributed by atoms with Crippen molar-refractivity contribution >= 4 is 17.4 Å². The van der Waals surface area contributed by atoms with Crippen LogP contribution in [0.2, 0.25) is 0 Å². The molecule has 0 spiro atoms. The first-order valence-electron chi connectivity index (χ1n) is 8.79. The first-order chi connectivity index (χ1) is 13.4. The van der Waals surface area contributed by atoms with Gasteiger partial charge in [0, 0.05) is 12.6 Å². The number of nitrogens with zero attached hydrogens (tertiary/aromatic N) is 4. The van der Waals surface area contributed by atoms with Gasteiger partial charge in [0.15, 0.2) is 5.65 Å². The molecule has 1 atom stereocenters. The molecular weight excluding hydrogens is 373 g/mol. The Morgan fingerprint density at radius 3 is 2.93 bits per heavy atom. The number of carbonyl (C=O) groups is 1. The Hall–Kier alpha value is -3.10. The van der Waals surface area contributed by atoms with E-state index < -0.39 is 36.7 Å². The van der Waals surface area contributed by atoms with Crippen molar-refractivity contribution in [3.8, 4) is 0 Å². The van der Waals surface area contributed by atoms with Gasteiger partial charge in [0.1, 0.15) is 17.2 Å². The van der Waals surface area contributed by atoms with E-state index in [-0.39, 0.29) is 23.6 Å². The van der Waals surface area contributed by atoms with Crippen molar-refractivity contribution in [1.82, 2.24) is 14.6 Å². The minimum Gasteiger partial charge on any atom is -0.462 e. The largest absolute Gasteiger partial charge is 0.462 e. The van der Waals surface area contributed by atoms with Crippen LogP contribution in [-0.4, -0.2) is 39.6 Å². The molecule has 0 N–H and O–H groups in total. The number of ether oxygens (including phenoxy) is 1. The minimum absolute atomic E-state index is 0.150. The van der Waals surface area contributed by atoms with Crippen LogP contribution in [0.25, 0.3) is 5.65 Å². The zero-order chi connectivity index (χ0) is 19.9. The fourth-order valence-corrected chi connectivity index (χ4v) is 3.44. The summed E-state index contributed by atoms with van der Waals surface area (Å²) in [5.41, 5.74) is 0.805. The number of hydrogen-bond acceptors (Lipinski definition) is 5. The first kappa shape index (κ1) is 18.3. The number of hydrogen-bond donors (Lipinski definition) is 0. The van der Waals surface area contributed by atoms with E-state index >= 15 is 0 Å². The van der Waals surface area contributed by atoms with Gasteiger partial charge in [-0.3, -0.25) is 0 Å². The lowest BCUT2D eigenvalue weighted by atomic mass is 10.0. The Morgan fingerprint density at radius 2 is 2.18 bits per heavy atom. The molecule has 0 amide bonds. The highest BCUT2D eigenvalue weighted by Gasteiger charge is 2.46. The summed E-state index contributed by atoms with van der Waals surface area (Å²) in [5.74, 6) is -3.77. The number of esters is 1. The van der Waals surface area contributed by atoms with Crippen LogP contribution in [0.4, 0.5) is 19.0 Å². The third-order valence-corrected chi connectivity index (χ3v) is 4.65. The number of benzene rings is 1. The van der Waals surface area contributed by atoms with Crippen LogP contribution in [0.1, 0.15) is 35.3 Å².